The minimum Gasteiger partial charge on any atom is -0.479 e. The first-order valence-corrected chi connectivity index (χ1v) is 12.5. The number of hydrogen-bond donors (Lipinski definition) is 4. The molecule has 0 aliphatic heterocycles. The summed E-state index contributed by atoms with van der Waals surface area (Å²) in [5, 5.41) is 42.4. The van der Waals surface area contributed by atoms with Crippen molar-refractivity contribution in [2.45, 2.75) is 103 Å². The lowest BCUT2D eigenvalue weighted by Gasteiger charge is -2.65. The highest BCUT2D eigenvalue weighted by atomic mass is 19.1. The average Bonchev–Trinajstić information content (AvgIpc) is 3.06. The first-order chi connectivity index (χ1) is 14.6. The van der Waals surface area contributed by atoms with Crippen LogP contribution in [-0.4, -0.2) is 50.9 Å². The zero-order valence-electron chi connectivity index (χ0n) is 19.2. The molecule has 0 radical (unpaired) electrons. The Bertz CT molecular complexity index is 687. The summed E-state index contributed by atoms with van der Waals surface area (Å²) < 4.78 is 13.8. The summed E-state index contributed by atoms with van der Waals surface area (Å²) in [7, 11) is 0. The molecular formula is C25H41FO5. The lowest BCUT2D eigenvalue weighted by atomic mass is 9.41. The number of fused-ring (bicyclic) bond motifs is 5. The third-order valence-electron chi connectivity index (χ3n) is 10.7. The van der Waals surface area contributed by atoms with E-state index in [9.17, 15) is 24.5 Å². The van der Waals surface area contributed by atoms with Gasteiger partial charge in [0.15, 0.2) is 6.17 Å². The Kier molecular flexibility index (Phi) is 6.24. The Morgan fingerprint density at radius 3 is 2.42 bits per heavy atom. The van der Waals surface area contributed by atoms with E-state index in [1.54, 1.807) is 0 Å². The monoisotopic (exact) mass is 440 g/mol. The van der Waals surface area contributed by atoms with Crippen LogP contribution in [0.5, 0.6) is 0 Å². The molecule has 0 aromatic carbocycles. The highest BCUT2D eigenvalue weighted by Gasteiger charge is 2.66. The number of carboxylic acids is 1. The molecule has 4 N–H and O–H groups in total. The topological polar surface area (TPSA) is 98.0 Å². The zero-order chi connectivity index (χ0) is 22.7. The van der Waals surface area contributed by atoms with E-state index >= 15 is 0 Å². The summed E-state index contributed by atoms with van der Waals surface area (Å²) in [5.74, 6) is -0.394. The quantitative estimate of drug-likeness (QED) is 0.521. The molecule has 4 saturated carbocycles. The zero-order valence-corrected chi connectivity index (χ0v) is 19.2. The van der Waals surface area contributed by atoms with E-state index in [-0.39, 0.29) is 53.4 Å². The molecule has 4 aliphatic carbocycles. The number of rotatable bonds is 5. The van der Waals surface area contributed by atoms with Crippen LogP contribution in [0.4, 0.5) is 4.39 Å². The summed E-state index contributed by atoms with van der Waals surface area (Å²) in [5.41, 5.74) is -0.395. The van der Waals surface area contributed by atoms with Crippen LogP contribution >= 0.6 is 0 Å². The van der Waals surface area contributed by atoms with Crippen molar-refractivity contribution in [2.75, 3.05) is 0 Å². The van der Waals surface area contributed by atoms with Crippen molar-refractivity contribution in [3.05, 3.63) is 0 Å². The minimum atomic E-state index is -1.85. The van der Waals surface area contributed by atoms with E-state index in [4.69, 9.17) is 5.11 Å². The highest BCUT2D eigenvalue weighted by molar-refractivity contribution is 5.71. The van der Waals surface area contributed by atoms with Gasteiger partial charge in [0.05, 0.1) is 18.3 Å². The van der Waals surface area contributed by atoms with Gasteiger partial charge >= 0.3 is 5.97 Å². The van der Waals surface area contributed by atoms with Crippen molar-refractivity contribution in [3.8, 4) is 0 Å². The molecule has 4 aliphatic rings. The first-order valence-electron chi connectivity index (χ1n) is 12.5. The number of carboxylic acid groups (broad SMARTS) is 1. The summed E-state index contributed by atoms with van der Waals surface area (Å²) in [6.45, 7) is 6.58. The average molecular weight is 441 g/mol. The molecule has 0 heterocycles. The fraction of sp³-hybridized carbons (Fsp3) is 0.960. The summed E-state index contributed by atoms with van der Waals surface area (Å²) >= 11 is 0. The fourth-order valence-corrected chi connectivity index (χ4v) is 8.99. The van der Waals surface area contributed by atoms with Gasteiger partial charge in [0.2, 0.25) is 0 Å². The van der Waals surface area contributed by atoms with Crippen LogP contribution in [0, 0.1) is 46.3 Å². The molecule has 0 spiro atoms. The van der Waals surface area contributed by atoms with Crippen LogP contribution in [0.25, 0.3) is 0 Å². The summed E-state index contributed by atoms with van der Waals surface area (Å²) in [4.78, 5) is 10.9. The van der Waals surface area contributed by atoms with Gasteiger partial charge in [0, 0.05) is 0 Å². The standard InChI is InChI=1S/C25H41FO5/c1-4-15-17-11-14(27)9-10-24(17,2)18-12-20(28)25(3)13(6-8-19(26)23(30)31)5-7-16(25)21(18)22(15)29/h13-22,27-29H,4-12H2,1-3H3,(H,30,31)/t13-,14-,15-,16?,17+,18?,19+,20+,21?,22-,24+,25-/m1/s1. The van der Waals surface area contributed by atoms with E-state index in [1.807, 2.05) is 0 Å². The Labute approximate surface area is 185 Å². The minimum absolute atomic E-state index is 0.0114. The number of hydrogen-bond acceptors (Lipinski definition) is 4. The van der Waals surface area contributed by atoms with Crippen LogP contribution in [0.3, 0.4) is 0 Å². The van der Waals surface area contributed by atoms with Crippen LogP contribution in [0.1, 0.15) is 78.6 Å². The number of halogens is 1. The van der Waals surface area contributed by atoms with E-state index in [1.165, 1.54) is 0 Å². The number of aliphatic carboxylic acids is 1. The Hall–Kier alpha value is -0.720. The molecule has 0 aromatic heterocycles. The van der Waals surface area contributed by atoms with Gasteiger partial charge in [-0.2, -0.15) is 0 Å². The third kappa shape index (κ3) is 3.47. The normalized spacial score (nSPS) is 52.7. The maximum Gasteiger partial charge on any atom is 0.338 e. The molecule has 31 heavy (non-hydrogen) atoms. The predicted molar refractivity (Wildman–Crippen MR) is 115 cm³/mol. The number of alkyl halides is 1. The van der Waals surface area contributed by atoms with Gasteiger partial charge in [-0.15, -0.1) is 0 Å². The highest BCUT2D eigenvalue weighted by Crippen LogP contribution is 2.69. The summed E-state index contributed by atoms with van der Waals surface area (Å²) in [6, 6.07) is 0. The Morgan fingerprint density at radius 1 is 1.06 bits per heavy atom. The van der Waals surface area contributed by atoms with Gasteiger partial charge in [0.1, 0.15) is 0 Å². The van der Waals surface area contributed by atoms with Gasteiger partial charge in [-0.3, -0.25) is 0 Å². The van der Waals surface area contributed by atoms with E-state index < -0.39 is 29.8 Å². The van der Waals surface area contributed by atoms with Crippen molar-refractivity contribution >= 4 is 5.97 Å². The number of aliphatic hydroxyl groups excluding tert-OH is 3. The Morgan fingerprint density at radius 2 is 1.77 bits per heavy atom. The lowest BCUT2D eigenvalue weighted by Crippen LogP contribution is -2.64. The molecule has 0 saturated heterocycles. The van der Waals surface area contributed by atoms with E-state index in [0.717, 1.165) is 38.5 Å². The molecular weight excluding hydrogens is 399 g/mol. The maximum atomic E-state index is 13.8. The molecule has 0 amide bonds. The van der Waals surface area contributed by atoms with E-state index in [0.29, 0.717) is 12.8 Å². The fourth-order valence-electron chi connectivity index (χ4n) is 8.99. The second kappa shape index (κ2) is 8.25. The largest absolute Gasteiger partial charge is 0.479 e. The van der Waals surface area contributed by atoms with Gasteiger partial charge in [-0.25, -0.2) is 9.18 Å². The smallest absolute Gasteiger partial charge is 0.338 e. The lowest BCUT2D eigenvalue weighted by molar-refractivity contribution is -0.226. The van der Waals surface area contributed by atoms with Gasteiger partial charge in [-0.1, -0.05) is 27.2 Å². The maximum absolute atomic E-state index is 13.8. The molecule has 4 fully saturated rings. The molecule has 12 atom stereocenters. The van der Waals surface area contributed by atoms with Crippen LogP contribution in [-0.2, 0) is 4.79 Å². The second-order valence-corrected chi connectivity index (χ2v) is 11.7. The van der Waals surface area contributed by atoms with Crippen LogP contribution in [0.2, 0.25) is 0 Å². The molecule has 6 heteroatoms. The van der Waals surface area contributed by atoms with Crippen LogP contribution in [0.15, 0.2) is 0 Å². The summed E-state index contributed by atoms with van der Waals surface area (Å²) in [6.07, 6.45) is 3.08. The molecule has 5 nitrogen and oxygen atoms in total. The molecule has 0 aromatic rings. The predicted octanol–water partition coefficient (Wildman–Crippen LogP) is 3.79. The Balaban J connectivity index is 1.63. The van der Waals surface area contributed by atoms with Crippen molar-refractivity contribution in [2.24, 2.45) is 46.3 Å². The molecule has 0 bridgehead atoms. The number of aliphatic hydroxyl groups is 3. The van der Waals surface area contributed by atoms with Gasteiger partial charge < -0.3 is 20.4 Å². The van der Waals surface area contributed by atoms with Gasteiger partial charge in [-0.05, 0) is 97.7 Å². The van der Waals surface area contributed by atoms with Crippen LogP contribution < -0.4 is 0 Å². The molecule has 3 unspecified atom stereocenters. The second-order valence-electron chi connectivity index (χ2n) is 11.7. The molecule has 4 rings (SSSR count). The SMILES string of the molecule is CC[C@H]1[C@@H](O)C2C3CC[C@H](CC[C@H](F)C(=O)O)[C@@]3(C)[C@@H](O)CC2[C@@]2(C)CC[C@@H](O)C[C@@H]12. The number of carbonyl (C=O) groups is 1. The van der Waals surface area contributed by atoms with Crippen molar-refractivity contribution < 1.29 is 29.6 Å². The van der Waals surface area contributed by atoms with Crippen molar-refractivity contribution in [1.82, 2.24) is 0 Å². The first kappa shape index (κ1) is 23.4. The third-order valence-corrected chi connectivity index (χ3v) is 10.7. The van der Waals surface area contributed by atoms with Gasteiger partial charge in [0.25, 0.3) is 0 Å². The molecule has 178 valence electrons. The van der Waals surface area contributed by atoms with Crippen molar-refractivity contribution in [1.29, 1.82) is 0 Å². The van der Waals surface area contributed by atoms with Crippen molar-refractivity contribution in [3.63, 3.8) is 0 Å². The van der Waals surface area contributed by atoms with E-state index in [2.05, 4.69) is 20.8 Å².